The Labute approximate surface area is 140 Å². The van der Waals surface area contributed by atoms with Crippen LogP contribution < -0.4 is 16.0 Å². The van der Waals surface area contributed by atoms with Crippen molar-refractivity contribution in [2.75, 3.05) is 51.2 Å². The number of piperazine rings is 1. The molecule has 5 nitrogen and oxygen atoms in total. The molecule has 24 heavy (non-hydrogen) atoms. The molecule has 1 saturated heterocycles. The van der Waals surface area contributed by atoms with E-state index in [1.807, 2.05) is 4.90 Å². The number of guanidine groups is 1. The molecule has 1 aliphatic heterocycles. The normalized spacial score (nSPS) is 17.2. The van der Waals surface area contributed by atoms with Crippen molar-refractivity contribution in [3.05, 3.63) is 29.8 Å². The summed E-state index contributed by atoms with van der Waals surface area (Å²) in [4.78, 5) is 8.14. The van der Waals surface area contributed by atoms with Gasteiger partial charge in [0.25, 0.3) is 0 Å². The lowest BCUT2D eigenvalue weighted by Gasteiger charge is -2.36. The number of alkyl halides is 3. The van der Waals surface area contributed by atoms with Gasteiger partial charge in [-0.1, -0.05) is 6.07 Å². The maximum atomic E-state index is 12.8. The van der Waals surface area contributed by atoms with Crippen LogP contribution in [0.15, 0.2) is 29.3 Å². The highest BCUT2D eigenvalue weighted by Gasteiger charge is 2.31. The van der Waals surface area contributed by atoms with Gasteiger partial charge in [0.15, 0.2) is 5.96 Å². The molecule has 0 radical (unpaired) electrons. The summed E-state index contributed by atoms with van der Waals surface area (Å²) in [7, 11) is 1.63. The molecule has 0 spiro atoms. The van der Waals surface area contributed by atoms with Gasteiger partial charge < -0.3 is 16.0 Å². The summed E-state index contributed by atoms with van der Waals surface area (Å²) in [6.45, 7) is 4.83. The molecule has 1 aliphatic rings. The van der Waals surface area contributed by atoms with Crippen molar-refractivity contribution in [2.24, 2.45) is 10.7 Å². The highest BCUT2D eigenvalue weighted by Crippen LogP contribution is 2.31. The Hall–Kier alpha value is -1.96. The Morgan fingerprint density at radius 1 is 1.25 bits per heavy atom. The SMILES string of the molecule is CN=C(N)NCCCN1CCN(c2cccc(C(F)(F)F)c2)CC1. The van der Waals surface area contributed by atoms with Crippen LogP contribution in [0.2, 0.25) is 0 Å². The van der Waals surface area contributed by atoms with Crippen LogP contribution in [0.1, 0.15) is 12.0 Å². The average molecular weight is 343 g/mol. The van der Waals surface area contributed by atoms with Gasteiger partial charge in [-0.2, -0.15) is 13.2 Å². The second-order valence-electron chi connectivity index (χ2n) is 5.77. The van der Waals surface area contributed by atoms with E-state index >= 15 is 0 Å². The highest BCUT2D eigenvalue weighted by atomic mass is 19.4. The standard InChI is InChI=1S/C16H24F3N5/c1-21-15(20)22-6-3-7-23-8-10-24(11-9-23)14-5-2-4-13(12-14)16(17,18)19/h2,4-5,12H,3,6-11H2,1H3,(H3,20,21,22). The van der Waals surface area contributed by atoms with Crippen molar-refractivity contribution in [3.63, 3.8) is 0 Å². The van der Waals surface area contributed by atoms with Crippen LogP contribution in [0.5, 0.6) is 0 Å². The smallest absolute Gasteiger partial charge is 0.370 e. The third-order valence-corrected chi connectivity index (χ3v) is 4.11. The number of benzene rings is 1. The maximum absolute atomic E-state index is 12.8. The molecule has 8 heteroatoms. The predicted molar refractivity (Wildman–Crippen MR) is 90.3 cm³/mol. The Balaban J connectivity index is 1.78. The van der Waals surface area contributed by atoms with Crippen molar-refractivity contribution in [1.82, 2.24) is 10.2 Å². The van der Waals surface area contributed by atoms with Crippen molar-refractivity contribution >= 4 is 11.6 Å². The van der Waals surface area contributed by atoms with Gasteiger partial charge in [-0.3, -0.25) is 9.89 Å². The molecule has 0 saturated carbocycles. The lowest BCUT2D eigenvalue weighted by Crippen LogP contribution is -2.47. The summed E-state index contributed by atoms with van der Waals surface area (Å²) in [6, 6.07) is 5.54. The van der Waals surface area contributed by atoms with Crippen LogP contribution in [-0.2, 0) is 6.18 Å². The van der Waals surface area contributed by atoms with Gasteiger partial charge in [0.2, 0.25) is 0 Å². The van der Waals surface area contributed by atoms with Crippen LogP contribution in [0.25, 0.3) is 0 Å². The summed E-state index contributed by atoms with van der Waals surface area (Å²) in [5, 5.41) is 3.01. The predicted octanol–water partition coefficient (Wildman–Crippen LogP) is 1.75. The summed E-state index contributed by atoms with van der Waals surface area (Å²) < 4.78 is 38.4. The molecule has 1 aromatic carbocycles. The van der Waals surface area contributed by atoms with E-state index in [0.717, 1.165) is 51.8 Å². The van der Waals surface area contributed by atoms with Gasteiger partial charge in [-0.25, -0.2) is 0 Å². The van der Waals surface area contributed by atoms with Gasteiger partial charge in [0.05, 0.1) is 5.56 Å². The molecular weight excluding hydrogens is 319 g/mol. The van der Waals surface area contributed by atoms with Crippen LogP contribution in [0.4, 0.5) is 18.9 Å². The van der Waals surface area contributed by atoms with E-state index in [-0.39, 0.29) is 0 Å². The number of halogens is 3. The monoisotopic (exact) mass is 343 g/mol. The molecule has 3 N–H and O–H groups in total. The molecule has 0 aliphatic carbocycles. The van der Waals surface area contributed by atoms with Gasteiger partial charge >= 0.3 is 6.18 Å². The van der Waals surface area contributed by atoms with Crippen molar-refractivity contribution in [2.45, 2.75) is 12.6 Å². The van der Waals surface area contributed by atoms with Crippen molar-refractivity contribution < 1.29 is 13.2 Å². The van der Waals surface area contributed by atoms with Gasteiger partial charge in [-0.05, 0) is 31.2 Å². The molecule has 0 bridgehead atoms. The Morgan fingerprint density at radius 3 is 2.58 bits per heavy atom. The lowest BCUT2D eigenvalue weighted by atomic mass is 10.1. The molecule has 0 unspecified atom stereocenters. The number of hydrogen-bond donors (Lipinski definition) is 2. The minimum Gasteiger partial charge on any atom is -0.370 e. The zero-order valence-electron chi connectivity index (χ0n) is 13.8. The number of nitrogens with one attached hydrogen (secondary N) is 1. The lowest BCUT2D eigenvalue weighted by molar-refractivity contribution is -0.137. The minimum absolute atomic E-state index is 0.435. The van der Waals surface area contributed by atoms with Gasteiger partial charge in [0, 0.05) is 45.5 Å². The van der Waals surface area contributed by atoms with E-state index in [9.17, 15) is 13.2 Å². The molecule has 2 rings (SSSR count). The second kappa shape index (κ2) is 8.23. The van der Waals surface area contributed by atoms with E-state index in [4.69, 9.17) is 5.73 Å². The Bertz CT molecular complexity index is 551. The largest absolute Gasteiger partial charge is 0.416 e. The molecule has 134 valence electrons. The highest BCUT2D eigenvalue weighted by molar-refractivity contribution is 5.77. The molecular formula is C16H24F3N5. The number of aliphatic imine (C=N–C) groups is 1. The first-order chi connectivity index (χ1) is 11.4. The quantitative estimate of drug-likeness (QED) is 0.486. The summed E-state index contributed by atoms with van der Waals surface area (Å²) in [6.07, 6.45) is -3.35. The van der Waals surface area contributed by atoms with Crippen molar-refractivity contribution in [3.8, 4) is 0 Å². The number of hydrogen-bond acceptors (Lipinski definition) is 3. The van der Waals surface area contributed by atoms with E-state index in [1.165, 1.54) is 12.1 Å². The van der Waals surface area contributed by atoms with E-state index in [0.29, 0.717) is 11.6 Å². The summed E-state index contributed by atoms with van der Waals surface area (Å²) in [5.41, 5.74) is 5.60. The van der Waals surface area contributed by atoms with Crippen LogP contribution in [0, 0.1) is 0 Å². The van der Waals surface area contributed by atoms with Gasteiger partial charge in [-0.15, -0.1) is 0 Å². The zero-order chi connectivity index (χ0) is 17.6. The van der Waals surface area contributed by atoms with Crippen molar-refractivity contribution in [1.29, 1.82) is 0 Å². The first-order valence-electron chi connectivity index (χ1n) is 8.01. The Kier molecular flexibility index (Phi) is 6.30. The fourth-order valence-corrected chi connectivity index (χ4v) is 2.71. The van der Waals surface area contributed by atoms with Gasteiger partial charge in [0.1, 0.15) is 0 Å². The second-order valence-corrected chi connectivity index (χ2v) is 5.77. The molecule has 1 fully saturated rings. The molecule has 1 aromatic rings. The average Bonchev–Trinajstić information content (AvgIpc) is 2.58. The van der Waals surface area contributed by atoms with E-state index in [1.54, 1.807) is 13.1 Å². The number of anilines is 1. The molecule has 0 atom stereocenters. The third kappa shape index (κ3) is 5.30. The Morgan fingerprint density at radius 2 is 1.96 bits per heavy atom. The number of nitrogens with zero attached hydrogens (tertiary/aromatic N) is 3. The fourth-order valence-electron chi connectivity index (χ4n) is 2.71. The number of nitrogens with two attached hydrogens (primary N) is 1. The maximum Gasteiger partial charge on any atom is 0.416 e. The first-order valence-corrected chi connectivity index (χ1v) is 8.01. The molecule has 0 amide bonds. The fraction of sp³-hybridized carbons (Fsp3) is 0.562. The van der Waals surface area contributed by atoms with Crippen LogP contribution in [0.3, 0.4) is 0 Å². The summed E-state index contributed by atoms with van der Waals surface area (Å²) in [5.74, 6) is 0.435. The minimum atomic E-state index is -4.30. The van der Waals surface area contributed by atoms with Crippen LogP contribution in [-0.4, -0.2) is 57.2 Å². The molecule has 1 heterocycles. The van der Waals surface area contributed by atoms with Crippen LogP contribution >= 0.6 is 0 Å². The topological polar surface area (TPSA) is 56.9 Å². The summed E-state index contributed by atoms with van der Waals surface area (Å²) >= 11 is 0. The van der Waals surface area contributed by atoms with E-state index < -0.39 is 11.7 Å². The zero-order valence-corrected chi connectivity index (χ0v) is 13.8. The molecule has 0 aromatic heterocycles. The van der Waals surface area contributed by atoms with E-state index in [2.05, 4.69) is 15.2 Å². The third-order valence-electron chi connectivity index (χ3n) is 4.11. The first kappa shape index (κ1) is 18.4. The number of rotatable bonds is 5.